The number of phenolic OH excluding ortho intramolecular Hbond substituents is 1. The number of hydrogen-bond acceptors (Lipinski definition) is 9. The molecule has 2 aromatic carbocycles. The molecule has 4 heterocycles. The Balaban J connectivity index is 1.30. The van der Waals surface area contributed by atoms with Gasteiger partial charge < -0.3 is 24.9 Å². The number of piperidine rings is 1. The van der Waals surface area contributed by atoms with Crippen molar-refractivity contribution in [3.05, 3.63) is 59.7 Å². The van der Waals surface area contributed by atoms with Gasteiger partial charge in [0.2, 0.25) is 11.9 Å². The molecule has 2 N–H and O–H groups in total. The summed E-state index contributed by atoms with van der Waals surface area (Å²) >= 11 is 0. The number of fused-ring (bicyclic) bond motifs is 1. The molecule has 0 spiro atoms. The second kappa shape index (κ2) is 10.8. The zero-order valence-corrected chi connectivity index (χ0v) is 22.1. The SMILES string of the molecule is CN1CCN(C2CCN(c3nc(-c4cccc(O)c4)nc(N4CCc5ccccc5[C@@H]4CO)n3)CC2)CC1. The molecular formula is C29H37N7O2. The first-order valence-corrected chi connectivity index (χ1v) is 13.8. The molecule has 0 amide bonds. The van der Waals surface area contributed by atoms with Crippen LogP contribution in [0.25, 0.3) is 11.4 Å². The highest BCUT2D eigenvalue weighted by molar-refractivity contribution is 5.61. The Kier molecular flexibility index (Phi) is 7.14. The van der Waals surface area contributed by atoms with Gasteiger partial charge in [-0.15, -0.1) is 0 Å². The van der Waals surface area contributed by atoms with Crippen LogP contribution < -0.4 is 9.80 Å². The van der Waals surface area contributed by atoms with Crippen LogP contribution in [0.15, 0.2) is 48.5 Å². The van der Waals surface area contributed by atoms with Crippen molar-refractivity contribution in [1.29, 1.82) is 0 Å². The number of likely N-dealkylation sites (N-methyl/N-ethyl adjacent to an activating group) is 1. The maximum absolute atomic E-state index is 10.4. The van der Waals surface area contributed by atoms with Crippen LogP contribution in [0.2, 0.25) is 0 Å². The fraction of sp³-hybridized carbons (Fsp3) is 0.483. The second-order valence-corrected chi connectivity index (χ2v) is 10.7. The fourth-order valence-corrected chi connectivity index (χ4v) is 6.10. The molecule has 2 fully saturated rings. The van der Waals surface area contributed by atoms with Gasteiger partial charge in [-0.2, -0.15) is 15.0 Å². The molecule has 3 aliphatic heterocycles. The van der Waals surface area contributed by atoms with Crippen LogP contribution >= 0.6 is 0 Å². The molecule has 1 aromatic heterocycles. The number of aromatic nitrogens is 3. The highest BCUT2D eigenvalue weighted by Crippen LogP contribution is 2.34. The molecule has 0 bridgehead atoms. The first kappa shape index (κ1) is 25.0. The molecule has 0 unspecified atom stereocenters. The third-order valence-corrected chi connectivity index (χ3v) is 8.36. The molecule has 2 saturated heterocycles. The summed E-state index contributed by atoms with van der Waals surface area (Å²) in [5, 5.41) is 20.6. The van der Waals surface area contributed by atoms with Crippen molar-refractivity contribution >= 4 is 11.9 Å². The van der Waals surface area contributed by atoms with Crippen molar-refractivity contribution in [3.8, 4) is 17.1 Å². The molecule has 3 aromatic rings. The van der Waals surface area contributed by atoms with Gasteiger partial charge in [0.1, 0.15) is 5.75 Å². The number of aliphatic hydroxyl groups is 1. The molecule has 0 saturated carbocycles. The summed E-state index contributed by atoms with van der Waals surface area (Å²) in [6.45, 7) is 7.03. The maximum atomic E-state index is 10.4. The number of phenols is 1. The van der Waals surface area contributed by atoms with E-state index in [4.69, 9.17) is 15.0 Å². The highest BCUT2D eigenvalue weighted by Gasteiger charge is 2.31. The molecule has 9 nitrogen and oxygen atoms in total. The maximum Gasteiger partial charge on any atom is 0.231 e. The Hall–Kier alpha value is -3.27. The van der Waals surface area contributed by atoms with Crippen LogP contribution in [0.3, 0.4) is 0 Å². The second-order valence-electron chi connectivity index (χ2n) is 10.7. The summed E-state index contributed by atoms with van der Waals surface area (Å²) in [6.07, 6.45) is 3.04. The number of aliphatic hydroxyl groups excluding tert-OH is 1. The van der Waals surface area contributed by atoms with E-state index in [0.717, 1.165) is 76.2 Å². The van der Waals surface area contributed by atoms with Crippen LogP contribution in [0, 0.1) is 0 Å². The Morgan fingerprint density at radius 1 is 0.842 bits per heavy atom. The Labute approximate surface area is 224 Å². The van der Waals surface area contributed by atoms with Gasteiger partial charge >= 0.3 is 0 Å². The third-order valence-electron chi connectivity index (χ3n) is 8.36. The smallest absolute Gasteiger partial charge is 0.231 e. The highest BCUT2D eigenvalue weighted by atomic mass is 16.3. The molecule has 0 aliphatic carbocycles. The van der Waals surface area contributed by atoms with E-state index in [0.29, 0.717) is 23.8 Å². The predicted molar refractivity (Wildman–Crippen MR) is 149 cm³/mol. The van der Waals surface area contributed by atoms with Crippen LogP contribution in [0.1, 0.15) is 30.0 Å². The Morgan fingerprint density at radius 3 is 2.37 bits per heavy atom. The van der Waals surface area contributed by atoms with E-state index in [1.54, 1.807) is 12.1 Å². The normalized spacial score (nSPS) is 21.5. The van der Waals surface area contributed by atoms with Crippen molar-refractivity contribution in [2.24, 2.45) is 0 Å². The average molecular weight is 516 g/mol. The standard InChI is InChI=1S/C29H37N7O2/c1-33-15-17-34(18-16-33)23-10-12-35(13-11-23)28-30-27(22-6-4-7-24(38)19-22)31-29(32-28)36-14-9-21-5-2-3-8-25(21)26(36)20-37/h2-8,19,23,26,37-38H,9-18,20H2,1H3/t26-/m0/s1. The summed E-state index contributed by atoms with van der Waals surface area (Å²) in [4.78, 5) is 24.2. The van der Waals surface area contributed by atoms with E-state index < -0.39 is 0 Å². The number of piperazine rings is 1. The number of hydrogen-bond donors (Lipinski definition) is 2. The van der Waals surface area contributed by atoms with E-state index in [-0.39, 0.29) is 18.4 Å². The van der Waals surface area contributed by atoms with Crippen LogP contribution in [-0.4, -0.2) is 100 Å². The Bertz CT molecular complexity index is 1260. The largest absolute Gasteiger partial charge is 0.508 e. The molecule has 1 atom stereocenters. The van der Waals surface area contributed by atoms with Crippen molar-refractivity contribution < 1.29 is 10.2 Å². The first-order chi connectivity index (χ1) is 18.6. The monoisotopic (exact) mass is 515 g/mol. The average Bonchev–Trinajstić information content (AvgIpc) is 2.97. The van der Waals surface area contributed by atoms with E-state index >= 15 is 0 Å². The lowest BCUT2D eigenvalue weighted by Gasteiger charge is -2.42. The lowest BCUT2D eigenvalue weighted by Crippen LogP contribution is -2.52. The Morgan fingerprint density at radius 2 is 1.61 bits per heavy atom. The fourth-order valence-electron chi connectivity index (χ4n) is 6.10. The molecule has 3 aliphatic rings. The zero-order chi connectivity index (χ0) is 26.1. The van der Waals surface area contributed by atoms with Gasteiger partial charge in [0.25, 0.3) is 0 Å². The van der Waals surface area contributed by atoms with Gasteiger partial charge in [-0.25, -0.2) is 0 Å². The first-order valence-electron chi connectivity index (χ1n) is 13.8. The lowest BCUT2D eigenvalue weighted by atomic mass is 9.93. The van der Waals surface area contributed by atoms with Crippen molar-refractivity contribution in [3.63, 3.8) is 0 Å². The van der Waals surface area contributed by atoms with E-state index in [2.05, 4.69) is 44.8 Å². The summed E-state index contributed by atoms with van der Waals surface area (Å²) in [6, 6.07) is 15.7. The molecule has 9 heteroatoms. The number of aromatic hydroxyl groups is 1. The number of benzene rings is 2. The third kappa shape index (κ3) is 5.06. The van der Waals surface area contributed by atoms with E-state index in [1.807, 2.05) is 18.2 Å². The van der Waals surface area contributed by atoms with Crippen molar-refractivity contribution in [2.75, 3.05) is 69.3 Å². The van der Waals surface area contributed by atoms with E-state index in [9.17, 15) is 10.2 Å². The number of rotatable bonds is 5. The number of nitrogens with zero attached hydrogens (tertiary/aromatic N) is 7. The van der Waals surface area contributed by atoms with Crippen LogP contribution in [0.5, 0.6) is 5.75 Å². The molecule has 38 heavy (non-hydrogen) atoms. The predicted octanol–water partition coefficient (Wildman–Crippen LogP) is 2.56. The zero-order valence-electron chi connectivity index (χ0n) is 22.1. The summed E-state index contributed by atoms with van der Waals surface area (Å²) < 4.78 is 0. The van der Waals surface area contributed by atoms with E-state index in [1.165, 1.54) is 5.56 Å². The van der Waals surface area contributed by atoms with Crippen LogP contribution in [-0.2, 0) is 6.42 Å². The quantitative estimate of drug-likeness (QED) is 0.532. The van der Waals surface area contributed by atoms with Crippen molar-refractivity contribution in [1.82, 2.24) is 24.8 Å². The lowest BCUT2D eigenvalue weighted by molar-refractivity contribution is 0.0980. The van der Waals surface area contributed by atoms with Gasteiger partial charge in [0.05, 0.1) is 12.6 Å². The van der Waals surface area contributed by atoms with Gasteiger partial charge in [0, 0.05) is 57.4 Å². The van der Waals surface area contributed by atoms with Gasteiger partial charge in [0.15, 0.2) is 5.82 Å². The molecule has 6 rings (SSSR count). The van der Waals surface area contributed by atoms with Gasteiger partial charge in [-0.1, -0.05) is 36.4 Å². The minimum Gasteiger partial charge on any atom is -0.508 e. The summed E-state index contributed by atoms with van der Waals surface area (Å²) in [5.74, 6) is 1.96. The van der Waals surface area contributed by atoms with Gasteiger partial charge in [-0.05, 0) is 49.6 Å². The van der Waals surface area contributed by atoms with Crippen LogP contribution in [0.4, 0.5) is 11.9 Å². The minimum absolute atomic E-state index is 0.0180. The number of anilines is 2. The minimum atomic E-state index is -0.213. The summed E-state index contributed by atoms with van der Waals surface area (Å²) in [7, 11) is 2.20. The van der Waals surface area contributed by atoms with Gasteiger partial charge in [-0.3, -0.25) is 4.90 Å². The topological polar surface area (TPSA) is 92.1 Å². The summed E-state index contributed by atoms with van der Waals surface area (Å²) in [5.41, 5.74) is 3.13. The molecule has 200 valence electrons. The molecular weight excluding hydrogens is 478 g/mol. The van der Waals surface area contributed by atoms with Crippen molar-refractivity contribution in [2.45, 2.75) is 31.3 Å². The molecule has 0 radical (unpaired) electrons.